The predicted molar refractivity (Wildman–Crippen MR) is 111 cm³/mol. The second-order valence-corrected chi connectivity index (χ2v) is 6.82. The second kappa shape index (κ2) is 7.61. The van der Waals surface area contributed by atoms with Gasteiger partial charge < -0.3 is 9.94 Å². The average molecular weight is 370 g/mol. The molecule has 0 bridgehead atoms. The molecule has 4 heteroatoms. The van der Waals surface area contributed by atoms with E-state index in [0.29, 0.717) is 12.1 Å². The Morgan fingerprint density at radius 1 is 0.857 bits per heavy atom. The molecular weight excluding hydrogens is 348 g/mol. The average Bonchev–Trinajstić information content (AvgIpc) is 3.05. The molecule has 0 fully saturated rings. The van der Waals surface area contributed by atoms with E-state index in [2.05, 4.69) is 36.3 Å². The SMILES string of the molecule is COc1ccc(-c2c(Cc3ccccc3)c(-c3ccc(C)cc3)nn2O)cc1. The number of nitrogens with zero attached hydrogens (tertiary/aromatic N) is 2. The third kappa shape index (κ3) is 3.49. The summed E-state index contributed by atoms with van der Waals surface area (Å²) in [5.41, 5.74) is 6.70. The molecule has 0 spiro atoms. The van der Waals surface area contributed by atoms with Crippen molar-refractivity contribution >= 4 is 0 Å². The fraction of sp³-hybridized carbons (Fsp3) is 0.125. The molecule has 4 aromatic rings. The van der Waals surface area contributed by atoms with Gasteiger partial charge in [-0.25, -0.2) is 0 Å². The van der Waals surface area contributed by atoms with Gasteiger partial charge in [0.2, 0.25) is 0 Å². The van der Waals surface area contributed by atoms with E-state index in [-0.39, 0.29) is 0 Å². The van der Waals surface area contributed by atoms with Gasteiger partial charge in [0, 0.05) is 23.1 Å². The quantitative estimate of drug-likeness (QED) is 0.481. The second-order valence-electron chi connectivity index (χ2n) is 6.82. The Morgan fingerprint density at radius 2 is 1.50 bits per heavy atom. The van der Waals surface area contributed by atoms with Gasteiger partial charge in [-0.15, -0.1) is 9.94 Å². The van der Waals surface area contributed by atoms with Crippen LogP contribution >= 0.6 is 0 Å². The zero-order valence-electron chi connectivity index (χ0n) is 16.0. The van der Waals surface area contributed by atoms with Gasteiger partial charge in [0.1, 0.15) is 17.1 Å². The molecule has 0 atom stereocenters. The predicted octanol–water partition coefficient (Wildman–Crippen LogP) is 5.36. The number of aryl methyl sites for hydroxylation is 1. The molecule has 0 unspecified atom stereocenters. The monoisotopic (exact) mass is 370 g/mol. The van der Waals surface area contributed by atoms with Crippen LogP contribution in [0.4, 0.5) is 0 Å². The molecule has 0 aliphatic carbocycles. The highest BCUT2D eigenvalue weighted by Crippen LogP contribution is 2.34. The Bertz CT molecular complexity index is 1070. The van der Waals surface area contributed by atoms with E-state index in [0.717, 1.165) is 33.0 Å². The fourth-order valence-electron chi connectivity index (χ4n) is 3.39. The summed E-state index contributed by atoms with van der Waals surface area (Å²) in [5.74, 6) is 0.774. The van der Waals surface area contributed by atoms with Gasteiger partial charge in [-0.2, -0.15) is 0 Å². The van der Waals surface area contributed by atoms with Crippen molar-refractivity contribution in [2.75, 3.05) is 7.11 Å². The molecule has 140 valence electrons. The Balaban J connectivity index is 1.87. The maximum Gasteiger partial charge on any atom is 0.118 e. The van der Waals surface area contributed by atoms with E-state index in [1.54, 1.807) is 7.11 Å². The largest absolute Gasteiger partial charge is 0.497 e. The van der Waals surface area contributed by atoms with Gasteiger partial charge in [0.25, 0.3) is 0 Å². The summed E-state index contributed by atoms with van der Waals surface area (Å²) in [5, 5.41) is 15.1. The first-order chi connectivity index (χ1) is 13.7. The van der Waals surface area contributed by atoms with Crippen molar-refractivity contribution in [1.82, 2.24) is 9.94 Å². The highest BCUT2D eigenvalue weighted by atomic mass is 16.5. The summed E-state index contributed by atoms with van der Waals surface area (Å²) >= 11 is 0. The number of hydrogen-bond acceptors (Lipinski definition) is 3. The molecule has 1 aromatic heterocycles. The van der Waals surface area contributed by atoms with Crippen molar-refractivity contribution < 1.29 is 9.94 Å². The van der Waals surface area contributed by atoms with Crippen LogP contribution in [-0.4, -0.2) is 22.3 Å². The molecule has 0 aliphatic rings. The summed E-state index contributed by atoms with van der Waals surface area (Å²) in [7, 11) is 1.64. The zero-order valence-corrected chi connectivity index (χ0v) is 16.0. The molecule has 0 amide bonds. The number of rotatable bonds is 5. The molecule has 1 N–H and O–H groups in total. The van der Waals surface area contributed by atoms with Gasteiger partial charge >= 0.3 is 0 Å². The van der Waals surface area contributed by atoms with Crippen LogP contribution < -0.4 is 4.74 Å². The highest BCUT2D eigenvalue weighted by Gasteiger charge is 2.21. The minimum absolute atomic E-state index is 0.673. The van der Waals surface area contributed by atoms with Gasteiger partial charge in [-0.05, 0) is 36.8 Å². The third-order valence-corrected chi connectivity index (χ3v) is 4.88. The molecule has 1 heterocycles. The van der Waals surface area contributed by atoms with E-state index >= 15 is 0 Å². The normalized spacial score (nSPS) is 10.8. The summed E-state index contributed by atoms with van der Waals surface area (Å²) in [6.45, 7) is 2.06. The molecular formula is C24H22N2O2. The van der Waals surface area contributed by atoms with E-state index < -0.39 is 0 Å². The van der Waals surface area contributed by atoms with Crippen LogP contribution in [0.3, 0.4) is 0 Å². The lowest BCUT2D eigenvalue weighted by molar-refractivity contribution is 0.154. The minimum atomic E-state index is 0.673. The van der Waals surface area contributed by atoms with Crippen LogP contribution in [0.25, 0.3) is 22.5 Å². The standard InChI is InChI=1S/C24H22N2O2/c1-17-8-10-19(11-9-17)23-22(16-18-6-4-3-5-7-18)24(26(27)25-23)20-12-14-21(28-2)15-13-20/h3-15,27H,16H2,1-2H3. The molecule has 0 aliphatic heterocycles. The number of aromatic nitrogens is 2. The molecule has 0 radical (unpaired) electrons. The topological polar surface area (TPSA) is 47.3 Å². The van der Waals surface area contributed by atoms with Crippen molar-refractivity contribution in [2.24, 2.45) is 0 Å². The molecule has 0 saturated carbocycles. The van der Waals surface area contributed by atoms with Gasteiger partial charge in [0.15, 0.2) is 0 Å². The molecule has 3 aromatic carbocycles. The lowest BCUT2D eigenvalue weighted by Gasteiger charge is -2.08. The Hall–Kier alpha value is -3.53. The maximum absolute atomic E-state index is 10.7. The van der Waals surface area contributed by atoms with Crippen molar-refractivity contribution in [3.05, 3.63) is 95.6 Å². The lowest BCUT2D eigenvalue weighted by atomic mass is 9.96. The van der Waals surface area contributed by atoms with Crippen LogP contribution in [0, 0.1) is 6.92 Å². The van der Waals surface area contributed by atoms with Gasteiger partial charge in [-0.3, -0.25) is 0 Å². The van der Waals surface area contributed by atoms with Crippen LogP contribution in [0.1, 0.15) is 16.7 Å². The first kappa shape index (κ1) is 17.9. The van der Waals surface area contributed by atoms with Crippen molar-refractivity contribution in [1.29, 1.82) is 0 Å². The van der Waals surface area contributed by atoms with Crippen molar-refractivity contribution in [3.8, 4) is 28.3 Å². The van der Waals surface area contributed by atoms with Gasteiger partial charge in [0.05, 0.1) is 7.11 Å². The number of benzene rings is 3. The summed E-state index contributed by atoms with van der Waals surface area (Å²) in [4.78, 5) is 0.995. The first-order valence-electron chi connectivity index (χ1n) is 9.22. The highest BCUT2D eigenvalue weighted by molar-refractivity contribution is 5.75. The summed E-state index contributed by atoms with van der Waals surface area (Å²) in [6, 6.07) is 26.1. The van der Waals surface area contributed by atoms with E-state index in [1.165, 1.54) is 11.1 Å². The van der Waals surface area contributed by atoms with Crippen molar-refractivity contribution in [2.45, 2.75) is 13.3 Å². The number of ether oxygens (including phenoxy) is 1. The number of hydrogen-bond donors (Lipinski definition) is 1. The minimum Gasteiger partial charge on any atom is -0.497 e. The van der Waals surface area contributed by atoms with E-state index in [1.807, 2.05) is 54.6 Å². The van der Waals surface area contributed by atoms with Crippen LogP contribution in [-0.2, 0) is 6.42 Å². The third-order valence-electron chi connectivity index (χ3n) is 4.88. The zero-order chi connectivity index (χ0) is 19.5. The summed E-state index contributed by atoms with van der Waals surface area (Å²) < 4.78 is 5.26. The van der Waals surface area contributed by atoms with E-state index in [9.17, 15) is 5.21 Å². The molecule has 4 nitrogen and oxygen atoms in total. The fourth-order valence-corrected chi connectivity index (χ4v) is 3.39. The molecule has 4 rings (SSSR count). The summed E-state index contributed by atoms with van der Waals surface area (Å²) in [6.07, 6.45) is 0.673. The molecule has 28 heavy (non-hydrogen) atoms. The molecule has 0 saturated heterocycles. The first-order valence-corrected chi connectivity index (χ1v) is 9.22. The maximum atomic E-state index is 10.7. The van der Waals surface area contributed by atoms with Crippen LogP contribution in [0.15, 0.2) is 78.9 Å². The van der Waals surface area contributed by atoms with Crippen molar-refractivity contribution in [3.63, 3.8) is 0 Å². The Kier molecular flexibility index (Phi) is 4.85. The Labute approximate surface area is 164 Å². The number of methoxy groups -OCH3 is 1. The van der Waals surface area contributed by atoms with E-state index in [4.69, 9.17) is 4.74 Å². The van der Waals surface area contributed by atoms with Crippen LogP contribution in [0.5, 0.6) is 5.75 Å². The van der Waals surface area contributed by atoms with Gasteiger partial charge in [-0.1, -0.05) is 60.2 Å². The Morgan fingerprint density at radius 3 is 2.14 bits per heavy atom. The lowest BCUT2D eigenvalue weighted by Crippen LogP contribution is -1.98. The smallest absolute Gasteiger partial charge is 0.118 e. The van der Waals surface area contributed by atoms with Crippen LogP contribution in [0.2, 0.25) is 0 Å².